The van der Waals surface area contributed by atoms with E-state index in [1.807, 2.05) is 19.1 Å². The fraction of sp³-hybridized carbons (Fsp3) is 0.467. The summed E-state index contributed by atoms with van der Waals surface area (Å²) in [4.78, 5) is 0. The third-order valence-electron chi connectivity index (χ3n) is 13.1. The Kier molecular flexibility index (Phi) is 11.3. The molecule has 4 aromatic rings. The van der Waals surface area contributed by atoms with E-state index in [2.05, 4.69) is 6.07 Å². The SMILES string of the molecule is Cc1ccc2c(c1)C1(CCCCC1)c1cc(C(C)(c3ccc(C(CCCCCS(=O)(=O)O)(c4ccc(C(C)(C)C(F)(F)F)cc4)C(F)(F)F)cc3)C(F)(F)F)ccc1-2. The van der Waals surface area contributed by atoms with Crippen molar-refractivity contribution in [2.75, 3.05) is 5.75 Å². The zero-order valence-corrected chi connectivity index (χ0v) is 33.5. The molecule has 0 heterocycles. The average Bonchev–Trinajstić information content (AvgIpc) is 3.38. The highest BCUT2D eigenvalue weighted by Gasteiger charge is 2.58. The molecule has 13 heteroatoms. The Bertz CT molecular complexity index is 2230. The summed E-state index contributed by atoms with van der Waals surface area (Å²) in [5, 5.41) is 0. The number of hydrogen-bond acceptors (Lipinski definition) is 2. The fourth-order valence-electron chi connectivity index (χ4n) is 9.31. The quantitative estimate of drug-likeness (QED) is 0.0930. The van der Waals surface area contributed by atoms with Crippen molar-refractivity contribution in [2.45, 2.75) is 126 Å². The van der Waals surface area contributed by atoms with E-state index in [1.165, 1.54) is 6.07 Å². The van der Waals surface area contributed by atoms with Crippen LogP contribution in [-0.4, -0.2) is 37.3 Å². The van der Waals surface area contributed by atoms with Crippen LogP contribution in [0.4, 0.5) is 39.5 Å². The van der Waals surface area contributed by atoms with E-state index in [1.54, 1.807) is 12.1 Å². The molecule has 0 saturated heterocycles. The molecule has 0 amide bonds. The van der Waals surface area contributed by atoms with Gasteiger partial charge in [-0.2, -0.15) is 47.9 Å². The van der Waals surface area contributed by atoms with Gasteiger partial charge in [-0.05, 0) is 103 Å². The third kappa shape index (κ3) is 7.47. The first kappa shape index (κ1) is 43.7. The molecule has 2 unspecified atom stereocenters. The van der Waals surface area contributed by atoms with Crippen LogP contribution in [0.5, 0.6) is 0 Å². The zero-order chi connectivity index (χ0) is 42.7. The van der Waals surface area contributed by atoms with E-state index in [-0.39, 0.29) is 36.0 Å². The van der Waals surface area contributed by atoms with E-state index < -0.39 is 73.6 Å². The molecular weight excluding hydrogens is 792 g/mol. The normalized spacial score (nSPS) is 18.0. The lowest BCUT2D eigenvalue weighted by atomic mass is 9.66. The second-order valence-electron chi connectivity index (χ2n) is 16.9. The van der Waals surface area contributed by atoms with Crippen LogP contribution < -0.4 is 0 Å². The summed E-state index contributed by atoms with van der Waals surface area (Å²) in [5.41, 5.74) is -5.05. The van der Waals surface area contributed by atoms with Gasteiger partial charge in [0.15, 0.2) is 0 Å². The lowest BCUT2D eigenvalue weighted by Crippen LogP contribution is -2.44. The Morgan fingerprint density at radius 3 is 1.55 bits per heavy atom. The maximum absolute atomic E-state index is 15.7. The summed E-state index contributed by atoms with van der Waals surface area (Å²) < 4.78 is 167. The second-order valence-corrected chi connectivity index (χ2v) is 18.4. The summed E-state index contributed by atoms with van der Waals surface area (Å²) in [7, 11) is -4.39. The molecule has 1 saturated carbocycles. The van der Waals surface area contributed by atoms with E-state index in [0.29, 0.717) is 0 Å². The van der Waals surface area contributed by atoms with Gasteiger partial charge in [-0.3, -0.25) is 4.55 Å². The van der Waals surface area contributed by atoms with Gasteiger partial charge < -0.3 is 0 Å². The van der Waals surface area contributed by atoms with Gasteiger partial charge in [0, 0.05) is 5.41 Å². The molecule has 314 valence electrons. The molecule has 6 rings (SSSR count). The van der Waals surface area contributed by atoms with E-state index >= 15 is 26.3 Å². The van der Waals surface area contributed by atoms with E-state index in [4.69, 9.17) is 4.55 Å². The molecule has 4 aromatic carbocycles. The standard InChI is InChI=1S/C45H47F9O3S/c1-29-11-21-35-36-22-20-34(28-38(36)41(37(35)27-29)23-7-5-8-24-41)40(4,44(49,50)51)31-14-18-33(19-15-31)42(45(52,53)54,25-9-6-10-26-58(55,56)57)32-16-12-30(13-17-32)39(2,3)43(46,47)48/h11-22,27-28H,5-10,23-26H2,1-4H3,(H,55,56,57). The maximum Gasteiger partial charge on any atom is 0.402 e. The molecule has 0 bridgehead atoms. The molecule has 3 nitrogen and oxygen atoms in total. The van der Waals surface area contributed by atoms with Crippen molar-refractivity contribution in [1.82, 2.24) is 0 Å². The highest BCUT2D eigenvalue weighted by Crippen LogP contribution is 2.58. The largest absolute Gasteiger partial charge is 0.402 e. The molecular formula is C45H47F9O3S. The van der Waals surface area contributed by atoms with Crippen molar-refractivity contribution in [1.29, 1.82) is 0 Å². The van der Waals surface area contributed by atoms with Gasteiger partial charge in [0.05, 0.1) is 11.2 Å². The molecule has 1 N–H and O–H groups in total. The van der Waals surface area contributed by atoms with Crippen molar-refractivity contribution in [3.05, 3.63) is 129 Å². The monoisotopic (exact) mass is 838 g/mol. The van der Waals surface area contributed by atoms with E-state index in [0.717, 1.165) is 129 Å². The van der Waals surface area contributed by atoms with Crippen molar-refractivity contribution >= 4 is 10.1 Å². The van der Waals surface area contributed by atoms with Crippen LogP contribution in [-0.2, 0) is 31.8 Å². The average molecular weight is 839 g/mol. The molecule has 2 aliphatic rings. The number of benzene rings is 4. The van der Waals surface area contributed by atoms with Crippen LogP contribution in [0, 0.1) is 6.92 Å². The third-order valence-corrected chi connectivity index (χ3v) is 13.9. The number of halogens is 9. The summed E-state index contributed by atoms with van der Waals surface area (Å²) in [5.74, 6) is -0.687. The predicted molar refractivity (Wildman–Crippen MR) is 207 cm³/mol. The van der Waals surface area contributed by atoms with Gasteiger partial charge in [0.2, 0.25) is 0 Å². The van der Waals surface area contributed by atoms with Crippen LogP contribution >= 0.6 is 0 Å². The Hall–Kier alpha value is -3.84. The van der Waals surface area contributed by atoms with Crippen molar-refractivity contribution in [3.63, 3.8) is 0 Å². The summed E-state index contributed by atoms with van der Waals surface area (Å²) in [6.07, 6.45) is -11.5. The molecule has 1 spiro atoms. The van der Waals surface area contributed by atoms with Crippen molar-refractivity contribution < 1.29 is 52.5 Å². The van der Waals surface area contributed by atoms with Crippen molar-refractivity contribution in [2.24, 2.45) is 0 Å². The van der Waals surface area contributed by atoms with E-state index in [9.17, 15) is 21.6 Å². The minimum atomic E-state index is -5.10. The Morgan fingerprint density at radius 1 is 0.569 bits per heavy atom. The van der Waals surface area contributed by atoms with Gasteiger partial charge in [0.1, 0.15) is 10.8 Å². The predicted octanol–water partition coefficient (Wildman–Crippen LogP) is 13.2. The lowest BCUT2D eigenvalue weighted by molar-refractivity contribution is -0.182. The van der Waals surface area contributed by atoms with Gasteiger partial charge in [-0.15, -0.1) is 0 Å². The number of fused-ring (bicyclic) bond motifs is 5. The summed E-state index contributed by atoms with van der Waals surface area (Å²) in [6.45, 7) is 4.81. The topological polar surface area (TPSA) is 54.4 Å². The maximum atomic E-state index is 15.7. The first-order chi connectivity index (χ1) is 26.8. The minimum absolute atomic E-state index is 0.0511. The van der Waals surface area contributed by atoms with Crippen molar-refractivity contribution in [3.8, 4) is 11.1 Å². The Labute approximate surface area is 333 Å². The lowest BCUT2D eigenvalue weighted by Gasteiger charge is -2.39. The number of hydrogen-bond donors (Lipinski definition) is 1. The number of rotatable bonds is 11. The van der Waals surface area contributed by atoms with Gasteiger partial charge in [0.25, 0.3) is 10.1 Å². The highest BCUT2D eigenvalue weighted by atomic mass is 32.2. The van der Waals surface area contributed by atoms with Gasteiger partial charge >= 0.3 is 18.5 Å². The van der Waals surface area contributed by atoms with Crippen LogP contribution in [0.15, 0.2) is 84.9 Å². The summed E-state index contributed by atoms with van der Waals surface area (Å²) in [6, 6.07) is 18.9. The first-order valence-corrected chi connectivity index (χ1v) is 21.0. The Balaban J connectivity index is 1.46. The zero-order valence-electron chi connectivity index (χ0n) is 32.7. The van der Waals surface area contributed by atoms with Gasteiger partial charge in [-0.1, -0.05) is 123 Å². The van der Waals surface area contributed by atoms with Crippen LogP contribution in [0.3, 0.4) is 0 Å². The molecule has 2 aliphatic carbocycles. The number of aryl methyl sites for hydroxylation is 1. The molecule has 0 radical (unpaired) electrons. The van der Waals surface area contributed by atoms with Crippen LogP contribution in [0.2, 0.25) is 0 Å². The smallest absolute Gasteiger partial charge is 0.286 e. The molecule has 0 aliphatic heterocycles. The Morgan fingerprint density at radius 2 is 1.05 bits per heavy atom. The molecule has 0 aromatic heterocycles. The number of unbranched alkanes of at least 4 members (excludes halogenated alkanes) is 2. The minimum Gasteiger partial charge on any atom is -0.286 e. The molecule has 1 fully saturated rings. The summed E-state index contributed by atoms with van der Waals surface area (Å²) >= 11 is 0. The molecule has 2 atom stereocenters. The fourth-order valence-corrected chi connectivity index (χ4v) is 9.88. The second kappa shape index (κ2) is 15.0. The van der Waals surface area contributed by atoms with Crippen LogP contribution in [0.1, 0.15) is 123 Å². The number of alkyl halides is 9. The van der Waals surface area contributed by atoms with Gasteiger partial charge in [-0.25, -0.2) is 0 Å². The first-order valence-electron chi connectivity index (χ1n) is 19.4. The highest BCUT2D eigenvalue weighted by molar-refractivity contribution is 7.85. The van der Waals surface area contributed by atoms with Crippen LogP contribution in [0.25, 0.3) is 11.1 Å². The molecule has 58 heavy (non-hydrogen) atoms.